The Morgan fingerprint density at radius 2 is 1.81 bits per heavy atom. The highest BCUT2D eigenvalue weighted by atomic mass is 19.4. The third kappa shape index (κ3) is 4.13. The van der Waals surface area contributed by atoms with Crippen LogP contribution in [0, 0.1) is 5.82 Å². The van der Waals surface area contributed by atoms with Gasteiger partial charge in [0.25, 0.3) is 0 Å². The normalized spacial score (nSPS) is 15.1. The molecule has 3 aromatic heterocycles. The Hall–Kier alpha value is -4.06. The van der Waals surface area contributed by atoms with Crippen LogP contribution in [-0.4, -0.2) is 48.6 Å². The van der Waals surface area contributed by atoms with Crippen molar-refractivity contribution in [2.75, 3.05) is 13.2 Å². The second-order valence-electron chi connectivity index (χ2n) is 8.35. The Kier molecular flexibility index (Phi) is 5.32. The number of ether oxygens (including phenoxy) is 2. The van der Waals surface area contributed by atoms with E-state index in [1.807, 2.05) is 4.57 Å². The quantitative estimate of drug-likeness (QED) is 0.316. The van der Waals surface area contributed by atoms with Crippen LogP contribution in [0.1, 0.15) is 18.9 Å². The predicted octanol–water partition coefficient (Wildman–Crippen LogP) is 5.22. The zero-order chi connectivity index (χ0) is 24.9. The highest BCUT2D eigenvalue weighted by molar-refractivity contribution is 5.79. The van der Waals surface area contributed by atoms with Gasteiger partial charge in [0.05, 0.1) is 17.2 Å². The van der Waals surface area contributed by atoms with Crippen LogP contribution in [-0.2, 0) is 4.74 Å². The molecule has 5 aromatic rings. The van der Waals surface area contributed by atoms with E-state index in [1.54, 1.807) is 16.7 Å². The summed E-state index contributed by atoms with van der Waals surface area (Å²) in [5.74, 6) is -0.0490. The summed E-state index contributed by atoms with van der Waals surface area (Å²) in [5, 5.41) is 0. The van der Waals surface area contributed by atoms with Crippen LogP contribution in [0.4, 0.5) is 17.6 Å². The highest BCUT2D eigenvalue weighted by Crippen LogP contribution is 2.34. The zero-order valence-corrected chi connectivity index (χ0v) is 18.6. The van der Waals surface area contributed by atoms with Crippen molar-refractivity contribution in [3.05, 3.63) is 60.8 Å². The summed E-state index contributed by atoms with van der Waals surface area (Å²) < 4.78 is 65.5. The van der Waals surface area contributed by atoms with Crippen molar-refractivity contribution in [3.8, 4) is 23.1 Å². The molecule has 36 heavy (non-hydrogen) atoms. The van der Waals surface area contributed by atoms with Crippen LogP contribution < -0.4 is 4.74 Å². The molecule has 1 aliphatic rings. The molecule has 184 valence electrons. The summed E-state index contributed by atoms with van der Waals surface area (Å²) in [7, 11) is 0. The first-order chi connectivity index (χ1) is 17.4. The SMILES string of the molecule is Fc1ccc2ncn(-c3ncc4nc(-c5cccc(OC(F)(F)F)c5)n(C5CCOCC5)c4n3)c2c1. The van der Waals surface area contributed by atoms with E-state index in [9.17, 15) is 17.6 Å². The average molecular weight is 498 g/mol. The number of benzene rings is 2. The number of halogens is 4. The monoisotopic (exact) mass is 498 g/mol. The summed E-state index contributed by atoms with van der Waals surface area (Å²) in [6.45, 7) is 1.06. The third-order valence-electron chi connectivity index (χ3n) is 6.03. The standard InChI is InChI=1S/C24H18F4N6O2/c25-15-4-5-18-20(11-15)33(13-30-18)23-29-12-19-22(32-23)34(16-6-8-35-9-7-16)21(31-19)14-2-1-3-17(10-14)36-24(26,27)28/h1-5,10-13,16H,6-9H2. The first-order valence-corrected chi connectivity index (χ1v) is 11.2. The number of nitrogens with zero attached hydrogens (tertiary/aromatic N) is 6. The Bertz CT molecular complexity index is 1570. The van der Waals surface area contributed by atoms with Crippen molar-refractivity contribution in [2.45, 2.75) is 25.2 Å². The summed E-state index contributed by atoms with van der Waals surface area (Å²) in [4.78, 5) is 18.1. The third-order valence-corrected chi connectivity index (χ3v) is 6.03. The molecule has 12 heteroatoms. The molecule has 1 fully saturated rings. The van der Waals surface area contributed by atoms with Gasteiger partial charge in [-0.1, -0.05) is 12.1 Å². The maximum absolute atomic E-state index is 13.9. The van der Waals surface area contributed by atoms with E-state index in [2.05, 4.69) is 19.7 Å². The van der Waals surface area contributed by atoms with Crippen molar-refractivity contribution in [2.24, 2.45) is 0 Å². The molecule has 8 nitrogen and oxygen atoms in total. The van der Waals surface area contributed by atoms with E-state index in [-0.39, 0.29) is 17.7 Å². The molecule has 0 N–H and O–H groups in total. The van der Waals surface area contributed by atoms with Gasteiger partial charge in [0.2, 0.25) is 5.95 Å². The number of hydrogen-bond donors (Lipinski definition) is 0. The summed E-state index contributed by atoms with van der Waals surface area (Å²) in [5.41, 5.74) is 2.50. The lowest BCUT2D eigenvalue weighted by atomic mass is 10.1. The molecule has 1 aliphatic heterocycles. The maximum Gasteiger partial charge on any atom is 0.573 e. The molecule has 0 aliphatic carbocycles. The Morgan fingerprint density at radius 1 is 0.972 bits per heavy atom. The fraction of sp³-hybridized carbons (Fsp3) is 0.250. The van der Waals surface area contributed by atoms with Gasteiger partial charge in [-0.05, 0) is 37.1 Å². The van der Waals surface area contributed by atoms with E-state index in [4.69, 9.17) is 9.72 Å². The van der Waals surface area contributed by atoms with Gasteiger partial charge in [-0.2, -0.15) is 4.98 Å². The van der Waals surface area contributed by atoms with Crippen molar-refractivity contribution < 1.29 is 27.0 Å². The molecule has 0 saturated carbocycles. The lowest BCUT2D eigenvalue weighted by Crippen LogP contribution is -2.21. The lowest BCUT2D eigenvalue weighted by molar-refractivity contribution is -0.274. The van der Waals surface area contributed by atoms with Crippen LogP contribution in [0.5, 0.6) is 5.75 Å². The van der Waals surface area contributed by atoms with Gasteiger partial charge in [-0.3, -0.25) is 4.57 Å². The minimum Gasteiger partial charge on any atom is -0.406 e. The van der Waals surface area contributed by atoms with Crippen LogP contribution in [0.25, 0.3) is 39.5 Å². The van der Waals surface area contributed by atoms with Gasteiger partial charge in [0.15, 0.2) is 5.65 Å². The number of rotatable bonds is 4. The Balaban J connectivity index is 1.52. The van der Waals surface area contributed by atoms with Gasteiger partial charge in [-0.15, -0.1) is 13.2 Å². The molecule has 0 unspecified atom stereocenters. The Morgan fingerprint density at radius 3 is 2.61 bits per heavy atom. The number of alkyl halides is 3. The van der Waals surface area contributed by atoms with Crippen LogP contribution in [0.15, 0.2) is 55.0 Å². The van der Waals surface area contributed by atoms with Gasteiger partial charge in [0, 0.05) is 30.9 Å². The molecule has 0 amide bonds. The highest BCUT2D eigenvalue weighted by Gasteiger charge is 2.31. The minimum atomic E-state index is -4.81. The minimum absolute atomic E-state index is 0.0503. The van der Waals surface area contributed by atoms with Gasteiger partial charge >= 0.3 is 6.36 Å². The second-order valence-corrected chi connectivity index (χ2v) is 8.35. The average Bonchev–Trinajstić information content (AvgIpc) is 3.44. The number of imidazole rings is 2. The zero-order valence-electron chi connectivity index (χ0n) is 18.6. The lowest BCUT2D eigenvalue weighted by Gasteiger charge is -2.25. The van der Waals surface area contributed by atoms with Crippen molar-refractivity contribution >= 4 is 22.2 Å². The fourth-order valence-electron chi connectivity index (χ4n) is 4.46. The molecule has 0 spiro atoms. The largest absolute Gasteiger partial charge is 0.573 e. The molecule has 2 aromatic carbocycles. The van der Waals surface area contributed by atoms with Gasteiger partial charge < -0.3 is 14.0 Å². The first kappa shape index (κ1) is 22.4. The number of fused-ring (bicyclic) bond motifs is 2. The van der Waals surface area contributed by atoms with Crippen molar-refractivity contribution in [1.29, 1.82) is 0 Å². The molecule has 1 saturated heterocycles. The van der Waals surface area contributed by atoms with E-state index < -0.39 is 12.2 Å². The maximum atomic E-state index is 13.9. The fourth-order valence-corrected chi connectivity index (χ4v) is 4.46. The Labute approximate surface area is 201 Å². The molecule has 0 bridgehead atoms. The number of hydrogen-bond acceptors (Lipinski definition) is 6. The summed E-state index contributed by atoms with van der Waals surface area (Å²) in [6.07, 6.45) is -0.407. The molecule has 0 atom stereocenters. The van der Waals surface area contributed by atoms with E-state index in [1.165, 1.54) is 42.9 Å². The van der Waals surface area contributed by atoms with Crippen molar-refractivity contribution in [3.63, 3.8) is 0 Å². The van der Waals surface area contributed by atoms with Gasteiger partial charge in [-0.25, -0.2) is 19.3 Å². The summed E-state index contributed by atoms with van der Waals surface area (Å²) in [6, 6.07) is 9.88. The molecule has 4 heterocycles. The smallest absolute Gasteiger partial charge is 0.406 e. The molecular weight excluding hydrogens is 480 g/mol. The van der Waals surface area contributed by atoms with Crippen LogP contribution in [0.3, 0.4) is 0 Å². The number of aromatic nitrogens is 6. The van der Waals surface area contributed by atoms with Crippen LogP contribution in [0.2, 0.25) is 0 Å². The predicted molar refractivity (Wildman–Crippen MR) is 121 cm³/mol. The molecular formula is C24H18F4N6O2. The molecule has 0 radical (unpaired) electrons. The second kappa shape index (κ2) is 8.55. The van der Waals surface area contributed by atoms with Gasteiger partial charge in [0.1, 0.15) is 29.2 Å². The van der Waals surface area contributed by atoms with Crippen molar-refractivity contribution in [1.82, 2.24) is 29.1 Å². The van der Waals surface area contributed by atoms with Crippen LogP contribution >= 0.6 is 0 Å². The van der Waals surface area contributed by atoms with E-state index in [0.717, 1.165) is 0 Å². The van der Waals surface area contributed by atoms with E-state index in [0.29, 0.717) is 59.6 Å². The molecule has 6 rings (SSSR count). The first-order valence-electron chi connectivity index (χ1n) is 11.2. The van der Waals surface area contributed by atoms with E-state index >= 15 is 0 Å². The summed E-state index contributed by atoms with van der Waals surface area (Å²) >= 11 is 0. The topological polar surface area (TPSA) is 79.9 Å².